The van der Waals surface area contributed by atoms with E-state index in [4.69, 9.17) is 10.00 Å². The molecule has 17 heavy (non-hydrogen) atoms. The first-order valence-electron chi connectivity index (χ1n) is 5.14. The third-order valence-electron chi connectivity index (χ3n) is 2.29. The molecule has 0 aliphatic carbocycles. The molecule has 0 saturated carbocycles. The molecule has 84 valence electrons. The second-order valence-corrected chi connectivity index (χ2v) is 4.27. The van der Waals surface area contributed by atoms with Crippen molar-refractivity contribution in [2.45, 2.75) is 4.90 Å². The van der Waals surface area contributed by atoms with E-state index in [1.807, 2.05) is 42.7 Å². The second kappa shape index (κ2) is 5.42. The fourth-order valence-corrected chi connectivity index (χ4v) is 1.83. The van der Waals surface area contributed by atoms with Crippen molar-refractivity contribution in [2.75, 3.05) is 6.26 Å². The molecule has 0 heterocycles. The summed E-state index contributed by atoms with van der Waals surface area (Å²) >= 11 is 1.68. The Morgan fingerprint density at radius 2 is 1.76 bits per heavy atom. The van der Waals surface area contributed by atoms with Crippen LogP contribution in [-0.2, 0) is 0 Å². The number of rotatable bonds is 3. The number of nitrogens with zero attached hydrogens (tertiary/aromatic N) is 1. The summed E-state index contributed by atoms with van der Waals surface area (Å²) in [5.41, 5.74) is 0.543. The van der Waals surface area contributed by atoms with E-state index in [2.05, 4.69) is 6.07 Å². The number of benzene rings is 2. The van der Waals surface area contributed by atoms with E-state index >= 15 is 0 Å². The topological polar surface area (TPSA) is 33.0 Å². The van der Waals surface area contributed by atoms with Crippen LogP contribution in [0.2, 0.25) is 0 Å². The van der Waals surface area contributed by atoms with Crippen molar-refractivity contribution in [3.8, 4) is 17.6 Å². The van der Waals surface area contributed by atoms with Gasteiger partial charge in [-0.15, -0.1) is 11.8 Å². The van der Waals surface area contributed by atoms with E-state index in [-0.39, 0.29) is 0 Å². The second-order valence-electron chi connectivity index (χ2n) is 3.39. The van der Waals surface area contributed by atoms with Gasteiger partial charge in [-0.2, -0.15) is 5.26 Å². The van der Waals surface area contributed by atoms with Crippen molar-refractivity contribution in [1.82, 2.24) is 0 Å². The lowest BCUT2D eigenvalue weighted by molar-refractivity contribution is 0.480. The zero-order chi connectivity index (χ0) is 12.1. The molecule has 3 heteroatoms. The first kappa shape index (κ1) is 11.6. The van der Waals surface area contributed by atoms with Crippen LogP contribution in [0.25, 0.3) is 0 Å². The number of thioether (sulfide) groups is 1. The van der Waals surface area contributed by atoms with Gasteiger partial charge >= 0.3 is 0 Å². The highest BCUT2D eigenvalue weighted by Crippen LogP contribution is 2.26. The van der Waals surface area contributed by atoms with Gasteiger partial charge in [0.05, 0.1) is 5.56 Å². The fourth-order valence-electron chi connectivity index (χ4n) is 1.42. The standard InChI is InChI=1S/C14H11NOS/c1-17-13-8-6-12(7-9-13)16-14-5-3-2-4-11(14)10-15/h2-9H,1H3. The van der Waals surface area contributed by atoms with Gasteiger partial charge in [0.2, 0.25) is 0 Å². The summed E-state index contributed by atoms with van der Waals surface area (Å²) in [5, 5.41) is 8.95. The van der Waals surface area contributed by atoms with E-state index in [9.17, 15) is 0 Å². The monoisotopic (exact) mass is 241 g/mol. The summed E-state index contributed by atoms with van der Waals surface area (Å²) in [7, 11) is 0. The Morgan fingerprint density at radius 1 is 1.06 bits per heavy atom. The molecule has 0 spiro atoms. The maximum atomic E-state index is 8.95. The molecule has 0 fully saturated rings. The van der Waals surface area contributed by atoms with Gasteiger partial charge in [-0.05, 0) is 42.7 Å². The quantitative estimate of drug-likeness (QED) is 0.759. The van der Waals surface area contributed by atoms with Crippen LogP contribution in [0.5, 0.6) is 11.5 Å². The number of ether oxygens (including phenoxy) is 1. The molecular formula is C14H11NOS. The van der Waals surface area contributed by atoms with E-state index in [0.717, 1.165) is 5.75 Å². The number of hydrogen-bond donors (Lipinski definition) is 0. The van der Waals surface area contributed by atoms with Crippen molar-refractivity contribution >= 4 is 11.8 Å². The number of hydrogen-bond acceptors (Lipinski definition) is 3. The van der Waals surface area contributed by atoms with Crippen molar-refractivity contribution in [2.24, 2.45) is 0 Å². The maximum Gasteiger partial charge on any atom is 0.145 e. The summed E-state index contributed by atoms with van der Waals surface area (Å²) in [6.07, 6.45) is 2.03. The molecule has 0 saturated heterocycles. The lowest BCUT2D eigenvalue weighted by Crippen LogP contribution is -1.87. The Hall–Kier alpha value is -1.92. The van der Waals surface area contributed by atoms with E-state index in [0.29, 0.717) is 11.3 Å². The van der Waals surface area contributed by atoms with Crippen LogP contribution < -0.4 is 4.74 Å². The number of para-hydroxylation sites is 1. The average Bonchev–Trinajstić information content (AvgIpc) is 2.40. The van der Waals surface area contributed by atoms with Crippen LogP contribution in [0.15, 0.2) is 53.4 Å². The third-order valence-corrected chi connectivity index (χ3v) is 3.04. The minimum atomic E-state index is 0.543. The van der Waals surface area contributed by atoms with Gasteiger partial charge in [0.15, 0.2) is 0 Å². The lowest BCUT2D eigenvalue weighted by Gasteiger charge is -2.07. The Kier molecular flexibility index (Phi) is 3.69. The highest BCUT2D eigenvalue weighted by molar-refractivity contribution is 7.98. The lowest BCUT2D eigenvalue weighted by atomic mass is 10.2. The van der Waals surface area contributed by atoms with Gasteiger partial charge in [-0.3, -0.25) is 0 Å². The van der Waals surface area contributed by atoms with Crippen LogP contribution in [0.4, 0.5) is 0 Å². The molecule has 2 nitrogen and oxygen atoms in total. The zero-order valence-electron chi connectivity index (χ0n) is 9.38. The molecule has 0 aliphatic rings. The van der Waals surface area contributed by atoms with Crippen LogP contribution in [0, 0.1) is 11.3 Å². The van der Waals surface area contributed by atoms with Crippen LogP contribution in [0.1, 0.15) is 5.56 Å². The Morgan fingerprint density at radius 3 is 2.41 bits per heavy atom. The molecule has 0 aromatic heterocycles. The Bertz CT molecular complexity index is 543. The molecule has 0 amide bonds. The normalized spacial score (nSPS) is 9.65. The Labute approximate surface area is 105 Å². The summed E-state index contributed by atoms with van der Waals surface area (Å²) in [6.45, 7) is 0. The molecule has 0 bridgehead atoms. The van der Waals surface area contributed by atoms with Gasteiger partial charge in [-0.1, -0.05) is 12.1 Å². The van der Waals surface area contributed by atoms with Crippen LogP contribution in [-0.4, -0.2) is 6.26 Å². The summed E-state index contributed by atoms with van der Waals surface area (Å²) in [5.74, 6) is 1.33. The SMILES string of the molecule is CSc1ccc(Oc2ccccc2C#N)cc1. The molecule has 0 aliphatic heterocycles. The third kappa shape index (κ3) is 2.80. The first-order chi connectivity index (χ1) is 8.33. The smallest absolute Gasteiger partial charge is 0.145 e. The Balaban J connectivity index is 2.23. The van der Waals surface area contributed by atoms with Crippen molar-refractivity contribution in [1.29, 1.82) is 5.26 Å². The maximum absolute atomic E-state index is 8.95. The highest BCUT2D eigenvalue weighted by Gasteiger charge is 2.03. The van der Waals surface area contributed by atoms with E-state index in [1.165, 1.54) is 4.90 Å². The summed E-state index contributed by atoms with van der Waals surface area (Å²) in [6, 6.07) is 17.1. The van der Waals surface area contributed by atoms with Gasteiger partial charge < -0.3 is 4.74 Å². The van der Waals surface area contributed by atoms with Gasteiger partial charge in [0.25, 0.3) is 0 Å². The van der Waals surface area contributed by atoms with Gasteiger partial charge in [-0.25, -0.2) is 0 Å². The van der Waals surface area contributed by atoms with E-state index in [1.54, 1.807) is 23.9 Å². The molecule has 0 radical (unpaired) electrons. The molecule has 2 rings (SSSR count). The van der Waals surface area contributed by atoms with Crippen LogP contribution >= 0.6 is 11.8 Å². The van der Waals surface area contributed by atoms with Crippen LogP contribution in [0.3, 0.4) is 0 Å². The molecule has 0 N–H and O–H groups in total. The molecule has 2 aromatic rings. The summed E-state index contributed by atoms with van der Waals surface area (Å²) in [4.78, 5) is 1.19. The molecule has 0 atom stereocenters. The van der Waals surface area contributed by atoms with Crippen molar-refractivity contribution in [3.63, 3.8) is 0 Å². The van der Waals surface area contributed by atoms with Crippen molar-refractivity contribution < 1.29 is 4.74 Å². The summed E-state index contributed by atoms with van der Waals surface area (Å²) < 4.78 is 5.67. The largest absolute Gasteiger partial charge is 0.456 e. The minimum absolute atomic E-state index is 0.543. The predicted molar refractivity (Wildman–Crippen MR) is 69.5 cm³/mol. The van der Waals surface area contributed by atoms with Crippen molar-refractivity contribution in [3.05, 3.63) is 54.1 Å². The first-order valence-corrected chi connectivity index (χ1v) is 6.37. The molecular weight excluding hydrogens is 230 g/mol. The molecule has 0 unspecified atom stereocenters. The molecule has 2 aromatic carbocycles. The minimum Gasteiger partial charge on any atom is -0.456 e. The average molecular weight is 241 g/mol. The van der Waals surface area contributed by atoms with E-state index < -0.39 is 0 Å². The highest BCUT2D eigenvalue weighted by atomic mass is 32.2. The van der Waals surface area contributed by atoms with Gasteiger partial charge in [0.1, 0.15) is 17.6 Å². The predicted octanol–water partition coefficient (Wildman–Crippen LogP) is 4.07. The zero-order valence-corrected chi connectivity index (χ0v) is 10.2. The van der Waals surface area contributed by atoms with Gasteiger partial charge in [0, 0.05) is 4.90 Å². The fraction of sp³-hybridized carbons (Fsp3) is 0.0714. The number of nitriles is 1.